The van der Waals surface area contributed by atoms with Crippen molar-refractivity contribution in [1.29, 1.82) is 0 Å². The van der Waals surface area contributed by atoms with Crippen LogP contribution in [0.25, 0.3) is 0 Å². The van der Waals surface area contributed by atoms with Gasteiger partial charge in [-0.1, -0.05) is 65.7 Å². The number of anilines is 1. The highest BCUT2D eigenvalue weighted by atomic mass is 35.5. The van der Waals surface area contributed by atoms with Crippen LogP contribution in [0.2, 0.25) is 5.02 Å². The molecule has 0 saturated carbocycles. The van der Waals surface area contributed by atoms with Crippen LogP contribution in [0.5, 0.6) is 0 Å². The van der Waals surface area contributed by atoms with Gasteiger partial charge in [0.15, 0.2) is 0 Å². The Hall–Kier alpha value is -2.48. The van der Waals surface area contributed by atoms with Gasteiger partial charge in [0.05, 0.1) is 10.6 Å². The Bertz CT molecular complexity index is 1210. The SMILES string of the molecule is Cc1ccc(S(=O)(=O)N(CC(=O)NCCCSCc2ccccc2Cl)c2ccccc2C)cc1. The molecule has 0 saturated heterocycles. The molecule has 1 amide bonds. The molecule has 0 aliphatic rings. The molecule has 0 fully saturated rings. The van der Waals surface area contributed by atoms with Gasteiger partial charge in [-0.15, -0.1) is 0 Å². The van der Waals surface area contributed by atoms with Gasteiger partial charge in [0, 0.05) is 17.3 Å². The van der Waals surface area contributed by atoms with Crippen LogP contribution in [0.3, 0.4) is 0 Å². The van der Waals surface area contributed by atoms with Crippen molar-refractivity contribution in [3.8, 4) is 0 Å². The summed E-state index contributed by atoms with van der Waals surface area (Å²) in [6.07, 6.45) is 0.774. The number of hydrogen-bond acceptors (Lipinski definition) is 4. The van der Waals surface area contributed by atoms with E-state index >= 15 is 0 Å². The number of aryl methyl sites for hydroxylation is 2. The average Bonchev–Trinajstić information content (AvgIpc) is 2.81. The Morgan fingerprint density at radius 2 is 1.65 bits per heavy atom. The van der Waals surface area contributed by atoms with Crippen LogP contribution < -0.4 is 9.62 Å². The number of nitrogens with zero attached hydrogens (tertiary/aromatic N) is 1. The summed E-state index contributed by atoms with van der Waals surface area (Å²) < 4.78 is 28.1. The molecule has 3 aromatic rings. The third-order valence-electron chi connectivity index (χ3n) is 5.28. The number of sulfonamides is 1. The minimum absolute atomic E-state index is 0.158. The predicted molar refractivity (Wildman–Crippen MR) is 142 cm³/mol. The van der Waals surface area contributed by atoms with E-state index in [1.54, 1.807) is 48.2 Å². The molecule has 180 valence electrons. The van der Waals surface area contributed by atoms with Gasteiger partial charge < -0.3 is 5.32 Å². The highest BCUT2D eigenvalue weighted by Crippen LogP contribution is 2.27. The quantitative estimate of drug-likeness (QED) is 0.337. The molecule has 8 heteroatoms. The molecule has 0 heterocycles. The Balaban J connectivity index is 1.60. The lowest BCUT2D eigenvalue weighted by atomic mass is 10.2. The molecule has 0 bridgehead atoms. The summed E-state index contributed by atoms with van der Waals surface area (Å²) in [7, 11) is -3.91. The van der Waals surface area contributed by atoms with Crippen LogP contribution in [0.4, 0.5) is 5.69 Å². The van der Waals surface area contributed by atoms with E-state index < -0.39 is 10.0 Å². The summed E-state index contributed by atoms with van der Waals surface area (Å²) in [6, 6.07) is 21.6. The van der Waals surface area contributed by atoms with Crippen molar-refractivity contribution in [2.24, 2.45) is 0 Å². The van der Waals surface area contributed by atoms with E-state index in [1.165, 1.54) is 4.31 Å². The lowest BCUT2D eigenvalue weighted by molar-refractivity contribution is -0.119. The van der Waals surface area contributed by atoms with Crippen molar-refractivity contribution >= 4 is 45.0 Å². The maximum Gasteiger partial charge on any atom is 0.264 e. The van der Waals surface area contributed by atoms with E-state index in [2.05, 4.69) is 5.32 Å². The second-order valence-electron chi connectivity index (χ2n) is 7.96. The van der Waals surface area contributed by atoms with Crippen molar-refractivity contribution in [3.05, 3.63) is 94.5 Å². The molecule has 0 unspecified atom stereocenters. The number of thioether (sulfide) groups is 1. The lowest BCUT2D eigenvalue weighted by Crippen LogP contribution is -2.41. The van der Waals surface area contributed by atoms with Crippen LogP contribution in [-0.2, 0) is 20.6 Å². The molecular formula is C26H29ClN2O3S2. The first kappa shape index (κ1) is 26.1. The standard InChI is InChI=1S/C26H29ClN2O3S2/c1-20-12-14-23(15-13-20)34(31,32)29(25-11-6-3-8-21(25)2)18-26(30)28-16-7-17-33-19-22-9-4-5-10-24(22)27/h3-6,8-15H,7,16-19H2,1-2H3,(H,28,30). The Morgan fingerprint density at radius 3 is 2.35 bits per heavy atom. The third-order valence-corrected chi connectivity index (χ3v) is 8.52. The lowest BCUT2D eigenvalue weighted by Gasteiger charge is -2.25. The summed E-state index contributed by atoms with van der Waals surface area (Å²) in [4.78, 5) is 12.9. The highest BCUT2D eigenvalue weighted by Gasteiger charge is 2.28. The molecule has 0 aromatic heterocycles. The van der Waals surface area contributed by atoms with Crippen molar-refractivity contribution in [2.45, 2.75) is 30.9 Å². The molecule has 5 nitrogen and oxygen atoms in total. The number of amides is 1. The highest BCUT2D eigenvalue weighted by molar-refractivity contribution is 7.98. The summed E-state index contributed by atoms with van der Waals surface area (Å²) in [5.41, 5.74) is 3.33. The Kier molecular flexibility index (Phi) is 9.45. The fraction of sp³-hybridized carbons (Fsp3) is 0.269. The first-order chi connectivity index (χ1) is 16.3. The summed E-state index contributed by atoms with van der Waals surface area (Å²) >= 11 is 7.93. The molecule has 3 aromatic carbocycles. The first-order valence-electron chi connectivity index (χ1n) is 11.0. The number of para-hydroxylation sites is 1. The van der Waals surface area contributed by atoms with E-state index in [4.69, 9.17) is 11.6 Å². The predicted octanol–water partition coefficient (Wildman–Crippen LogP) is 5.59. The fourth-order valence-corrected chi connectivity index (χ4v) is 6.10. The molecule has 0 spiro atoms. The molecular weight excluding hydrogens is 488 g/mol. The molecule has 1 N–H and O–H groups in total. The zero-order valence-corrected chi connectivity index (χ0v) is 21.7. The zero-order chi connectivity index (χ0) is 24.6. The maximum absolute atomic E-state index is 13.4. The first-order valence-corrected chi connectivity index (χ1v) is 14.0. The van der Waals surface area contributed by atoms with Crippen LogP contribution in [0.1, 0.15) is 23.1 Å². The van der Waals surface area contributed by atoms with Gasteiger partial charge in [0.25, 0.3) is 10.0 Å². The number of benzene rings is 3. The molecule has 0 radical (unpaired) electrons. The normalized spacial score (nSPS) is 11.3. The smallest absolute Gasteiger partial charge is 0.264 e. The molecule has 0 aliphatic carbocycles. The number of halogens is 1. The van der Waals surface area contributed by atoms with Gasteiger partial charge in [0.2, 0.25) is 5.91 Å². The number of nitrogens with one attached hydrogen (secondary N) is 1. The van der Waals surface area contributed by atoms with E-state index in [9.17, 15) is 13.2 Å². The minimum Gasteiger partial charge on any atom is -0.354 e. The largest absolute Gasteiger partial charge is 0.354 e. The van der Waals surface area contributed by atoms with Gasteiger partial charge in [-0.05, 0) is 61.4 Å². The summed E-state index contributed by atoms with van der Waals surface area (Å²) in [5.74, 6) is 1.33. The van der Waals surface area contributed by atoms with Crippen LogP contribution in [-0.4, -0.2) is 33.2 Å². The second-order valence-corrected chi connectivity index (χ2v) is 11.3. The van der Waals surface area contributed by atoms with Gasteiger partial charge in [-0.3, -0.25) is 9.10 Å². The van der Waals surface area contributed by atoms with Crippen molar-refractivity contribution in [1.82, 2.24) is 5.32 Å². The molecule has 0 aliphatic heterocycles. The average molecular weight is 517 g/mol. The van der Waals surface area contributed by atoms with Crippen molar-refractivity contribution in [3.63, 3.8) is 0 Å². The number of hydrogen-bond donors (Lipinski definition) is 1. The molecule has 3 rings (SSSR count). The zero-order valence-electron chi connectivity index (χ0n) is 19.3. The Morgan fingerprint density at radius 1 is 0.971 bits per heavy atom. The van der Waals surface area contributed by atoms with Gasteiger partial charge in [-0.2, -0.15) is 11.8 Å². The monoisotopic (exact) mass is 516 g/mol. The number of carbonyl (C=O) groups is 1. The van der Waals surface area contributed by atoms with E-state index in [-0.39, 0.29) is 17.3 Å². The fourth-order valence-electron chi connectivity index (χ4n) is 3.37. The molecule has 34 heavy (non-hydrogen) atoms. The number of rotatable bonds is 11. The maximum atomic E-state index is 13.4. The van der Waals surface area contributed by atoms with Gasteiger partial charge in [-0.25, -0.2) is 8.42 Å². The van der Waals surface area contributed by atoms with E-state index in [0.29, 0.717) is 12.2 Å². The third kappa shape index (κ3) is 7.01. The number of carbonyl (C=O) groups excluding carboxylic acids is 1. The van der Waals surface area contributed by atoms with Crippen molar-refractivity contribution in [2.75, 3.05) is 23.1 Å². The minimum atomic E-state index is -3.91. The summed E-state index contributed by atoms with van der Waals surface area (Å²) in [6.45, 7) is 3.92. The van der Waals surface area contributed by atoms with E-state index in [1.807, 2.05) is 50.2 Å². The Labute approximate surface area is 211 Å². The van der Waals surface area contributed by atoms with Gasteiger partial charge in [0.1, 0.15) is 6.54 Å². The van der Waals surface area contributed by atoms with Crippen LogP contribution in [0.15, 0.2) is 77.7 Å². The van der Waals surface area contributed by atoms with Crippen LogP contribution >= 0.6 is 23.4 Å². The summed E-state index contributed by atoms with van der Waals surface area (Å²) in [5, 5.41) is 3.62. The van der Waals surface area contributed by atoms with Crippen molar-refractivity contribution < 1.29 is 13.2 Å². The van der Waals surface area contributed by atoms with E-state index in [0.717, 1.165) is 39.6 Å². The second kappa shape index (κ2) is 12.3. The molecule has 0 atom stereocenters. The van der Waals surface area contributed by atoms with Gasteiger partial charge >= 0.3 is 0 Å². The van der Waals surface area contributed by atoms with Crippen LogP contribution in [0, 0.1) is 13.8 Å². The topological polar surface area (TPSA) is 66.5 Å².